The Kier molecular flexibility index (Phi) is 2.83. The zero-order chi connectivity index (χ0) is 7.23. The molecule has 1 aliphatic heterocycles. The zero-order valence-electron chi connectivity index (χ0n) is 5.59. The van der Waals surface area contributed by atoms with Crippen molar-refractivity contribution in [3.63, 3.8) is 0 Å². The minimum atomic E-state index is -0.398. The van der Waals surface area contributed by atoms with Gasteiger partial charge in [0, 0.05) is 0 Å². The first-order valence-corrected chi connectivity index (χ1v) is 3.13. The summed E-state index contributed by atoms with van der Waals surface area (Å²) in [4.78, 5) is 0. The lowest BCUT2D eigenvalue weighted by molar-refractivity contribution is -0.144. The van der Waals surface area contributed by atoms with Crippen molar-refractivity contribution in [2.24, 2.45) is 0 Å². The fraction of sp³-hybridized carbons (Fsp3) is 0.500. The van der Waals surface area contributed by atoms with E-state index in [9.17, 15) is 0 Å². The van der Waals surface area contributed by atoms with Gasteiger partial charge in [0.25, 0.3) is 0 Å². The quantitative estimate of drug-likeness (QED) is 0.448. The Labute approximate surface area is 60.5 Å². The maximum atomic E-state index is 5.09. The van der Waals surface area contributed by atoms with Crippen LogP contribution in [0.15, 0.2) is 0 Å². The lowest BCUT2D eigenvalue weighted by Gasteiger charge is -2.17. The van der Waals surface area contributed by atoms with Gasteiger partial charge in [0.15, 0.2) is 0 Å². The Balaban J connectivity index is 2.34. The molecule has 0 aromatic carbocycles. The lowest BCUT2D eigenvalue weighted by atomic mass is 10.4. The van der Waals surface area contributed by atoms with Crippen LogP contribution < -0.4 is 0 Å². The molecule has 0 unspecified atom stereocenters. The molecule has 10 heavy (non-hydrogen) atoms. The zero-order valence-corrected chi connectivity index (χ0v) is 5.59. The summed E-state index contributed by atoms with van der Waals surface area (Å²) in [6.45, 7) is 1.42. The predicted octanol–water partition coefficient (Wildman–Crippen LogP) is 0.386. The second kappa shape index (κ2) is 3.95. The molecule has 52 valence electrons. The standard InChI is InChI=1S/C8H8O2/c1-2-3-5-8-9-6-4-7-10-8/h1,8H,4,6-7H2. The van der Waals surface area contributed by atoms with Gasteiger partial charge in [-0.2, -0.15) is 0 Å². The summed E-state index contributed by atoms with van der Waals surface area (Å²) < 4.78 is 10.2. The van der Waals surface area contributed by atoms with Crippen molar-refractivity contribution in [1.82, 2.24) is 0 Å². The summed E-state index contributed by atoms with van der Waals surface area (Å²) in [5.41, 5.74) is 0. The molecular formula is C8H8O2. The minimum Gasteiger partial charge on any atom is -0.342 e. The van der Waals surface area contributed by atoms with Crippen LogP contribution in [0.1, 0.15) is 6.42 Å². The van der Waals surface area contributed by atoms with Crippen molar-refractivity contribution in [3.8, 4) is 24.2 Å². The van der Waals surface area contributed by atoms with Gasteiger partial charge in [-0.05, 0) is 24.2 Å². The molecule has 0 saturated carbocycles. The van der Waals surface area contributed by atoms with Gasteiger partial charge in [-0.3, -0.25) is 0 Å². The van der Waals surface area contributed by atoms with Crippen molar-refractivity contribution in [2.75, 3.05) is 13.2 Å². The molecule has 1 rings (SSSR count). The molecule has 2 nitrogen and oxygen atoms in total. The third-order valence-corrected chi connectivity index (χ3v) is 1.09. The second-order valence-corrected chi connectivity index (χ2v) is 1.84. The number of hydrogen-bond acceptors (Lipinski definition) is 2. The third-order valence-electron chi connectivity index (χ3n) is 1.09. The van der Waals surface area contributed by atoms with Crippen molar-refractivity contribution < 1.29 is 9.47 Å². The molecule has 0 aromatic heterocycles. The van der Waals surface area contributed by atoms with E-state index in [2.05, 4.69) is 17.8 Å². The maximum absolute atomic E-state index is 5.09. The summed E-state index contributed by atoms with van der Waals surface area (Å²) in [5, 5.41) is 0. The van der Waals surface area contributed by atoms with E-state index in [1.807, 2.05) is 0 Å². The fourth-order valence-electron chi connectivity index (χ4n) is 0.672. The molecule has 0 spiro atoms. The van der Waals surface area contributed by atoms with E-state index in [1.54, 1.807) is 0 Å². The van der Waals surface area contributed by atoms with Gasteiger partial charge in [0.05, 0.1) is 13.2 Å². The third kappa shape index (κ3) is 2.11. The van der Waals surface area contributed by atoms with Crippen LogP contribution in [0.2, 0.25) is 0 Å². The topological polar surface area (TPSA) is 18.5 Å². The van der Waals surface area contributed by atoms with Crippen LogP contribution in [0.5, 0.6) is 0 Å². The average molecular weight is 136 g/mol. The van der Waals surface area contributed by atoms with Crippen molar-refractivity contribution >= 4 is 0 Å². The number of ether oxygens (including phenoxy) is 2. The molecule has 1 fully saturated rings. The van der Waals surface area contributed by atoms with Gasteiger partial charge in [0.2, 0.25) is 6.29 Å². The van der Waals surface area contributed by atoms with E-state index in [0.29, 0.717) is 13.2 Å². The number of terminal acetylenes is 1. The summed E-state index contributed by atoms with van der Waals surface area (Å²) in [6, 6.07) is 0. The Bertz CT molecular complexity index is 186. The second-order valence-electron chi connectivity index (χ2n) is 1.84. The molecule has 0 atom stereocenters. The minimum absolute atomic E-state index is 0.398. The highest BCUT2D eigenvalue weighted by Crippen LogP contribution is 2.02. The van der Waals surface area contributed by atoms with Crippen molar-refractivity contribution in [1.29, 1.82) is 0 Å². The number of hydrogen-bond donors (Lipinski definition) is 0. The Morgan fingerprint density at radius 3 is 2.60 bits per heavy atom. The van der Waals surface area contributed by atoms with E-state index >= 15 is 0 Å². The van der Waals surface area contributed by atoms with Gasteiger partial charge in [-0.15, -0.1) is 6.42 Å². The maximum Gasteiger partial charge on any atom is 0.223 e. The van der Waals surface area contributed by atoms with Crippen LogP contribution in [0.3, 0.4) is 0 Å². The van der Waals surface area contributed by atoms with Crippen molar-refractivity contribution in [2.45, 2.75) is 12.7 Å². The van der Waals surface area contributed by atoms with E-state index in [4.69, 9.17) is 15.9 Å². The fourth-order valence-corrected chi connectivity index (χ4v) is 0.672. The summed E-state index contributed by atoms with van der Waals surface area (Å²) in [5.74, 6) is 7.28. The van der Waals surface area contributed by atoms with Crippen LogP contribution in [0.25, 0.3) is 0 Å². The average Bonchev–Trinajstić information content (AvgIpc) is 2.03. The van der Waals surface area contributed by atoms with Gasteiger partial charge >= 0.3 is 0 Å². The van der Waals surface area contributed by atoms with Crippen LogP contribution in [0, 0.1) is 24.2 Å². The molecule has 1 aliphatic rings. The molecule has 0 bridgehead atoms. The Morgan fingerprint density at radius 2 is 2.00 bits per heavy atom. The molecule has 0 N–H and O–H groups in total. The van der Waals surface area contributed by atoms with E-state index in [-0.39, 0.29) is 0 Å². The first-order valence-electron chi connectivity index (χ1n) is 3.13. The highest BCUT2D eigenvalue weighted by molar-refractivity contribution is 5.22. The summed E-state index contributed by atoms with van der Waals surface area (Å²) >= 11 is 0. The van der Waals surface area contributed by atoms with Crippen molar-refractivity contribution in [3.05, 3.63) is 0 Å². The summed E-state index contributed by atoms with van der Waals surface area (Å²) in [6.07, 6.45) is 5.45. The predicted molar refractivity (Wildman–Crippen MR) is 36.9 cm³/mol. The first kappa shape index (κ1) is 7.15. The molecule has 0 aliphatic carbocycles. The highest BCUT2D eigenvalue weighted by atomic mass is 16.7. The van der Waals surface area contributed by atoms with Crippen LogP contribution in [-0.4, -0.2) is 19.5 Å². The lowest BCUT2D eigenvalue weighted by Crippen LogP contribution is -2.22. The first-order chi connectivity index (χ1) is 4.93. The number of rotatable bonds is 0. The van der Waals surface area contributed by atoms with Gasteiger partial charge in [-0.1, -0.05) is 0 Å². The summed E-state index contributed by atoms with van der Waals surface area (Å²) in [7, 11) is 0. The van der Waals surface area contributed by atoms with Crippen LogP contribution >= 0.6 is 0 Å². The molecule has 0 aromatic rings. The normalized spacial score (nSPS) is 18.7. The molecule has 0 amide bonds. The van der Waals surface area contributed by atoms with Gasteiger partial charge in [-0.25, -0.2) is 0 Å². The van der Waals surface area contributed by atoms with E-state index in [1.165, 1.54) is 0 Å². The SMILES string of the molecule is C#CC#CC1OCCCO1. The highest BCUT2D eigenvalue weighted by Gasteiger charge is 2.09. The van der Waals surface area contributed by atoms with Crippen LogP contribution in [-0.2, 0) is 9.47 Å². The Morgan fingerprint density at radius 1 is 1.30 bits per heavy atom. The molecular weight excluding hydrogens is 128 g/mol. The molecule has 0 radical (unpaired) electrons. The smallest absolute Gasteiger partial charge is 0.223 e. The van der Waals surface area contributed by atoms with Gasteiger partial charge in [0.1, 0.15) is 0 Å². The molecule has 1 saturated heterocycles. The van der Waals surface area contributed by atoms with Crippen LogP contribution in [0.4, 0.5) is 0 Å². The van der Waals surface area contributed by atoms with Gasteiger partial charge < -0.3 is 9.47 Å². The van der Waals surface area contributed by atoms with E-state index in [0.717, 1.165) is 6.42 Å². The molecule has 1 heterocycles. The Hall–Kier alpha value is -0.960. The molecule has 2 heteroatoms. The van der Waals surface area contributed by atoms with E-state index < -0.39 is 6.29 Å². The largest absolute Gasteiger partial charge is 0.342 e. The monoisotopic (exact) mass is 136 g/mol.